The predicted octanol–water partition coefficient (Wildman–Crippen LogP) is 2.41. The van der Waals surface area contributed by atoms with Crippen LogP contribution in [0.5, 0.6) is 0 Å². The van der Waals surface area contributed by atoms with Crippen LogP contribution in [0.3, 0.4) is 0 Å². The van der Waals surface area contributed by atoms with Gasteiger partial charge >= 0.3 is 11.9 Å². The number of carboxylic acid groups (broad SMARTS) is 1. The van der Waals surface area contributed by atoms with E-state index in [-0.39, 0.29) is 5.56 Å². The molecular formula is C18H15NO5. The minimum Gasteiger partial charge on any atom is -0.478 e. The van der Waals surface area contributed by atoms with Crippen LogP contribution in [0.25, 0.3) is 0 Å². The molecule has 1 amide bonds. The fourth-order valence-corrected chi connectivity index (χ4v) is 2.56. The van der Waals surface area contributed by atoms with Crippen LogP contribution in [0.15, 0.2) is 42.5 Å². The van der Waals surface area contributed by atoms with E-state index < -0.39 is 23.9 Å². The number of fused-ring (bicyclic) bond motifs is 1. The number of cyclic esters (lactones) is 1. The summed E-state index contributed by atoms with van der Waals surface area (Å²) in [7, 11) is 0. The van der Waals surface area contributed by atoms with Gasteiger partial charge in [0.1, 0.15) is 0 Å². The fourth-order valence-electron chi connectivity index (χ4n) is 2.56. The summed E-state index contributed by atoms with van der Waals surface area (Å²) in [6.45, 7) is 1.88. The van der Waals surface area contributed by atoms with Gasteiger partial charge in [-0.1, -0.05) is 17.7 Å². The van der Waals surface area contributed by atoms with Crippen LogP contribution in [0.4, 0.5) is 5.69 Å². The minimum atomic E-state index is -1.04. The zero-order valence-corrected chi connectivity index (χ0v) is 12.9. The quantitative estimate of drug-likeness (QED) is 0.845. The van der Waals surface area contributed by atoms with E-state index in [1.807, 2.05) is 19.1 Å². The Labute approximate surface area is 138 Å². The maximum absolute atomic E-state index is 12.3. The number of rotatable bonds is 3. The first-order valence-electron chi connectivity index (χ1n) is 7.39. The van der Waals surface area contributed by atoms with Crippen LogP contribution in [0, 0.1) is 6.92 Å². The van der Waals surface area contributed by atoms with E-state index in [1.165, 1.54) is 24.3 Å². The average Bonchev–Trinajstić information content (AvgIpc) is 2.55. The SMILES string of the molecule is Cc1ccc2c(c1)C(=O)OC(C(=O)Nc1ccc(C(=O)O)cc1)C2. The molecule has 6 nitrogen and oxygen atoms in total. The Morgan fingerprint density at radius 3 is 2.54 bits per heavy atom. The lowest BCUT2D eigenvalue weighted by atomic mass is 9.96. The Kier molecular flexibility index (Phi) is 4.04. The number of carbonyl (C=O) groups excluding carboxylic acids is 2. The molecule has 6 heteroatoms. The molecule has 0 radical (unpaired) electrons. The summed E-state index contributed by atoms with van der Waals surface area (Å²) in [5.74, 6) is -2.00. The molecule has 0 fully saturated rings. The van der Waals surface area contributed by atoms with Crippen LogP contribution in [0.1, 0.15) is 31.8 Å². The van der Waals surface area contributed by atoms with Gasteiger partial charge in [-0.15, -0.1) is 0 Å². The molecule has 24 heavy (non-hydrogen) atoms. The molecule has 1 heterocycles. The van der Waals surface area contributed by atoms with Crippen molar-refractivity contribution in [2.24, 2.45) is 0 Å². The van der Waals surface area contributed by atoms with Crippen molar-refractivity contribution >= 4 is 23.5 Å². The second-order valence-electron chi connectivity index (χ2n) is 5.63. The number of carboxylic acids is 1. The number of hydrogen-bond acceptors (Lipinski definition) is 4. The van der Waals surface area contributed by atoms with Crippen molar-refractivity contribution < 1.29 is 24.2 Å². The highest BCUT2D eigenvalue weighted by atomic mass is 16.5. The zero-order valence-electron chi connectivity index (χ0n) is 12.9. The van der Waals surface area contributed by atoms with Crippen LogP contribution in [0.2, 0.25) is 0 Å². The lowest BCUT2D eigenvalue weighted by Crippen LogP contribution is -2.38. The van der Waals surface area contributed by atoms with Gasteiger partial charge in [0.2, 0.25) is 0 Å². The molecule has 2 aromatic rings. The number of nitrogens with one attached hydrogen (secondary N) is 1. The number of hydrogen-bond donors (Lipinski definition) is 2. The Bertz CT molecular complexity index is 826. The summed E-state index contributed by atoms with van der Waals surface area (Å²) in [5.41, 5.74) is 2.78. The van der Waals surface area contributed by atoms with Gasteiger partial charge in [-0.2, -0.15) is 0 Å². The molecule has 1 aliphatic heterocycles. The number of anilines is 1. The molecular weight excluding hydrogens is 310 g/mol. The summed E-state index contributed by atoms with van der Waals surface area (Å²) in [4.78, 5) is 35.2. The van der Waals surface area contributed by atoms with Crippen molar-refractivity contribution in [1.29, 1.82) is 0 Å². The van der Waals surface area contributed by atoms with Crippen LogP contribution in [-0.4, -0.2) is 29.1 Å². The molecule has 0 aromatic heterocycles. The first-order chi connectivity index (χ1) is 11.4. The molecule has 0 saturated carbocycles. The summed E-state index contributed by atoms with van der Waals surface area (Å²) in [6, 6.07) is 11.2. The second kappa shape index (κ2) is 6.16. The van der Waals surface area contributed by atoms with Gasteiger partial charge in [0.05, 0.1) is 11.1 Å². The Morgan fingerprint density at radius 1 is 1.17 bits per heavy atom. The monoisotopic (exact) mass is 325 g/mol. The minimum absolute atomic E-state index is 0.126. The maximum Gasteiger partial charge on any atom is 0.339 e. The van der Waals surface area contributed by atoms with E-state index >= 15 is 0 Å². The lowest BCUT2D eigenvalue weighted by molar-refractivity contribution is -0.125. The van der Waals surface area contributed by atoms with Crippen molar-refractivity contribution in [2.75, 3.05) is 5.32 Å². The summed E-state index contributed by atoms with van der Waals surface area (Å²) < 4.78 is 5.22. The number of carbonyl (C=O) groups is 3. The maximum atomic E-state index is 12.3. The standard InChI is InChI=1S/C18H15NO5/c1-10-2-3-12-9-15(24-18(23)14(12)8-10)16(20)19-13-6-4-11(5-7-13)17(21)22/h2-8,15H,9H2,1H3,(H,19,20)(H,21,22). The highest BCUT2D eigenvalue weighted by Crippen LogP contribution is 2.23. The summed E-state index contributed by atoms with van der Waals surface area (Å²) in [6.07, 6.45) is -0.604. The third-order valence-corrected chi connectivity index (χ3v) is 3.83. The summed E-state index contributed by atoms with van der Waals surface area (Å²) in [5, 5.41) is 11.5. The van der Waals surface area contributed by atoms with E-state index in [4.69, 9.17) is 9.84 Å². The first-order valence-corrected chi connectivity index (χ1v) is 7.39. The largest absolute Gasteiger partial charge is 0.478 e. The van der Waals surface area contributed by atoms with Gasteiger partial charge < -0.3 is 15.2 Å². The number of esters is 1. The van der Waals surface area contributed by atoms with E-state index in [0.29, 0.717) is 17.7 Å². The van der Waals surface area contributed by atoms with Crippen LogP contribution < -0.4 is 5.32 Å². The van der Waals surface area contributed by atoms with Gasteiger partial charge in [-0.3, -0.25) is 4.79 Å². The molecule has 2 aromatic carbocycles. The van der Waals surface area contributed by atoms with Crippen molar-refractivity contribution in [2.45, 2.75) is 19.4 Å². The molecule has 0 bridgehead atoms. The van der Waals surface area contributed by atoms with Gasteiger partial charge in [-0.25, -0.2) is 9.59 Å². The Balaban J connectivity index is 1.73. The van der Waals surface area contributed by atoms with Gasteiger partial charge in [0.15, 0.2) is 6.10 Å². The van der Waals surface area contributed by atoms with E-state index in [9.17, 15) is 14.4 Å². The number of ether oxygens (including phenoxy) is 1. The number of aromatic carboxylic acids is 1. The molecule has 0 saturated heterocycles. The van der Waals surface area contributed by atoms with Crippen molar-refractivity contribution in [3.05, 3.63) is 64.7 Å². The Hall–Kier alpha value is -3.15. The van der Waals surface area contributed by atoms with Crippen LogP contribution in [-0.2, 0) is 16.0 Å². The first kappa shape index (κ1) is 15.7. The molecule has 3 rings (SSSR count). The molecule has 1 aliphatic rings. The van der Waals surface area contributed by atoms with Crippen molar-refractivity contribution in [3.63, 3.8) is 0 Å². The lowest BCUT2D eigenvalue weighted by Gasteiger charge is -2.24. The zero-order chi connectivity index (χ0) is 17.3. The van der Waals surface area contributed by atoms with E-state index in [1.54, 1.807) is 6.07 Å². The normalized spacial score (nSPS) is 16.0. The molecule has 0 aliphatic carbocycles. The van der Waals surface area contributed by atoms with E-state index in [0.717, 1.165) is 11.1 Å². The molecule has 122 valence electrons. The van der Waals surface area contributed by atoms with Crippen LogP contribution >= 0.6 is 0 Å². The molecule has 0 spiro atoms. The number of aryl methyl sites for hydroxylation is 1. The topological polar surface area (TPSA) is 92.7 Å². The van der Waals surface area contributed by atoms with E-state index in [2.05, 4.69) is 5.32 Å². The molecule has 1 unspecified atom stereocenters. The fraction of sp³-hybridized carbons (Fsp3) is 0.167. The third-order valence-electron chi connectivity index (χ3n) is 3.83. The van der Waals surface area contributed by atoms with Gasteiger partial charge in [0, 0.05) is 12.1 Å². The highest BCUT2D eigenvalue weighted by molar-refractivity contribution is 6.00. The number of benzene rings is 2. The highest BCUT2D eigenvalue weighted by Gasteiger charge is 2.31. The predicted molar refractivity (Wildman–Crippen MR) is 86.1 cm³/mol. The molecule has 1 atom stereocenters. The third kappa shape index (κ3) is 3.12. The van der Waals surface area contributed by atoms with Gasteiger partial charge in [-0.05, 0) is 42.8 Å². The second-order valence-corrected chi connectivity index (χ2v) is 5.63. The van der Waals surface area contributed by atoms with Gasteiger partial charge in [0.25, 0.3) is 5.91 Å². The number of amides is 1. The summed E-state index contributed by atoms with van der Waals surface area (Å²) >= 11 is 0. The van der Waals surface area contributed by atoms with Crippen molar-refractivity contribution in [3.8, 4) is 0 Å². The smallest absolute Gasteiger partial charge is 0.339 e. The Morgan fingerprint density at radius 2 is 1.88 bits per heavy atom. The average molecular weight is 325 g/mol. The van der Waals surface area contributed by atoms with Crippen molar-refractivity contribution in [1.82, 2.24) is 0 Å². The molecule has 2 N–H and O–H groups in total.